The maximum Gasteiger partial charge on any atom is 0.280 e. The zero-order chi connectivity index (χ0) is 14.2. The van der Waals surface area contributed by atoms with E-state index in [-0.39, 0.29) is 0 Å². The lowest BCUT2D eigenvalue weighted by molar-refractivity contribution is 0.313. The molecule has 0 amide bonds. The summed E-state index contributed by atoms with van der Waals surface area (Å²) in [6.45, 7) is 3.81. The Balaban J connectivity index is 1.52. The lowest BCUT2D eigenvalue weighted by Crippen LogP contribution is -2.43. The van der Waals surface area contributed by atoms with Crippen LogP contribution in [0.2, 0.25) is 0 Å². The summed E-state index contributed by atoms with van der Waals surface area (Å²) in [6.07, 6.45) is 2.41. The van der Waals surface area contributed by atoms with E-state index in [9.17, 15) is 0 Å². The van der Waals surface area contributed by atoms with E-state index in [0.717, 1.165) is 23.8 Å². The Bertz CT molecular complexity index is 757. The summed E-state index contributed by atoms with van der Waals surface area (Å²) in [4.78, 5) is 8.75. The van der Waals surface area contributed by atoms with Gasteiger partial charge in [-0.15, -0.1) is 16.4 Å². The van der Waals surface area contributed by atoms with Gasteiger partial charge in [-0.3, -0.25) is 0 Å². The number of aromatic nitrogens is 6. The van der Waals surface area contributed by atoms with Crippen LogP contribution >= 0.6 is 11.3 Å². The van der Waals surface area contributed by atoms with Crippen molar-refractivity contribution in [3.8, 4) is 11.6 Å². The second-order valence-electron chi connectivity index (χ2n) is 4.95. The van der Waals surface area contributed by atoms with Crippen molar-refractivity contribution >= 4 is 11.3 Å². The normalized spacial score (nSPS) is 15.3. The van der Waals surface area contributed by atoms with Gasteiger partial charge in [0.2, 0.25) is 0 Å². The molecule has 0 aromatic carbocycles. The van der Waals surface area contributed by atoms with E-state index in [1.165, 1.54) is 0 Å². The van der Waals surface area contributed by atoms with E-state index in [0.29, 0.717) is 29.9 Å². The first-order valence-corrected chi connectivity index (χ1v) is 7.52. The number of nitrogens with one attached hydrogen (secondary N) is 1. The Kier molecular flexibility index (Phi) is 3.00. The minimum atomic E-state index is 0.367. The average Bonchev–Trinajstić information content (AvgIpc) is 3.09. The van der Waals surface area contributed by atoms with E-state index in [4.69, 9.17) is 4.52 Å². The molecule has 0 spiro atoms. The minimum absolute atomic E-state index is 0.367. The third-order valence-electron chi connectivity index (χ3n) is 3.34. The van der Waals surface area contributed by atoms with Gasteiger partial charge in [-0.05, 0) is 6.92 Å². The van der Waals surface area contributed by atoms with Gasteiger partial charge >= 0.3 is 0 Å². The summed E-state index contributed by atoms with van der Waals surface area (Å²) >= 11 is 1.61. The van der Waals surface area contributed by atoms with Crippen molar-refractivity contribution in [3.63, 3.8) is 0 Å². The van der Waals surface area contributed by atoms with Crippen LogP contribution in [0.1, 0.15) is 22.6 Å². The van der Waals surface area contributed by atoms with Crippen LogP contribution in [-0.2, 0) is 6.42 Å². The molecule has 21 heavy (non-hydrogen) atoms. The van der Waals surface area contributed by atoms with Crippen LogP contribution in [0.5, 0.6) is 0 Å². The smallest absolute Gasteiger partial charge is 0.280 e. The van der Waals surface area contributed by atoms with Gasteiger partial charge in [0.25, 0.3) is 5.89 Å². The maximum absolute atomic E-state index is 5.26. The van der Waals surface area contributed by atoms with Gasteiger partial charge in [0.15, 0.2) is 11.5 Å². The van der Waals surface area contributed by atoms with Crippen LogP contribution in [0.3, 0.4) is 0 Å². The molecule has 0 aliphatic carbocycles. The lowest BCUT2D eigenvalue weighted by atomic mass is 10.2. The number of nitrogens with zero attached hydrogens (tertiary/aromatic N) is 6. The van der Waals surface area contributed by atoms with Gasteiger partial charge in [-0.25, -0.2) is 9.67 Å². The van der Waals surface area contributed by atoms with Crippen molar-refractivity contribution < 1.29 is 4.52 Å². The number of hydrogen-bond acceptors (Lipinski definition) is 8. The Morgan fingerprint density at radius 1 is 1.43 bits per heavy atom. The largest absolute Gasteiger partial charge is 0.332 e. The number of hydrogen-bond donors (Lipinski definition) is 1. The first kappa shape index (κ1) is 12.6. The fourth-order valence-corrected chi connectivity index (χ4v) is 2.71. The van der Waals surface area contributed by atoms with Crippen LogP contribution in [0, 0.1) is 6.92 Å². The summed E-state index contributed by atoms with van der Waals surface area (Å²) < 4.78 is 7.09. The zero-order valence-corrected chi connectivity index (χ0v) is 12.2. The number of rotatable bonds is 4. The second kappa shape index (κ2) is 5.01. The van der Waals surface area contributed by atoms with Crippen LogP contribution in [-0.4, -0.2) is 43.2 Å². The molecule has 108 valence electrons. The molecule has 0 radical (unpaired) electrons. The van der Waals surface area contributed by atoms with Crippen molar-refractivity contribution in [2.24, 2.45) is 0 Å². The Labute approximate surface area is 124 Å². The van der Waals surface area contributed by atoms with Gasteiger partial charge in [-0.1, -0.05) is 10.4 Å². The molecule has 0 bridgehead atoms. The molecule has 9 heteroatoms. The summed E-state index contributed by atoms with van der Waals surface area (Å²) in [5.41, 5.74) is 1.56. The molecule has 1 N–H and O–H groups in total. The van der Waals surface area contributed by atoms with Crippen LogP contribution < -0.4 is 5.32 Å². The predicted molar refractivity (Wildman–Crippen MR) is 74.9 cm³/mol. The van der Waals surface area contributed by atoms with Crippen LogP contribution in [0.25, 0.3) is 11.6 Å². The van der Waals surface area contributed by atoms with Crippen LogP contribution in [0.4, 0.5) is 0 Å². The number of aryl methyl sites for hydroxylation is 1. The molecule has 0 unspecified atom stereocenters. The topological polar surface area (TPSA) is 94.6 Å². The number of thiazole rings is 1. The second-order valence-corrected chi connectivity index (χ2v) is 6.01. The average molecular weight is 303 g/mol. The highest BCUT2D eigenvalue weighted by Gasteiger charge is 2.22. The van der Waals surface area contributed by atoms with Crippen LogP contribution in [0.15, 0.2) is 16.1 Å². The molecule has 4 rings (SSSR count). The summed E-state index contributed by atoms with van der Waals surface area (Å²) in [5.74, 6) is 1.01. The van der Waals surface area contributed by atoms with E-state index >= 15 is 0 Å². The first-order chi connectivity index (χ1) is 10.3. The fourth-order valence-electron chi connectivity index (χ4n) is 2.09. The molecule has 4 heterocycles. The van der Waals surface area contributed by atoms with Crippen molar-refractivity contribution in [2.45, 2.75) is 19.4 Å². The standard InChI is InChI=1S/C12H13N7OS/c1-7-14-8(6-21-7)2-11-15-12(20-17-11)10-5-19(18-16-10)9-3-13-4-9/h5-6,9,13H,2-4H2,1H3. The van der Waals surface area contributed by atoms with Gasteiger partial charge in [0.05, 0.1) is 29.4 Å². The SMILES string of the molecule is Cc1nc(Cc2noc(-c3cn(C4CNC4)nn3)n2)cs1. The summed E-state index contributed by atoms with van der Waals surface area (Å²) in [5, 5.41) is 18.4. The zero-order valence-electron chi connectivity index (χ0n) is 11.4. The Morgan fingerprint density at radius 2 is 2.33 bits per heavy atom. The van der Waals surface area contributed by atoms with Gasteiger partial charge < -0.3 is 9.84 Å². The minimum Gasteiger partial charge on any atom is -0.332 e. The third-order valence-corrected chi connectivity index (χ3v) is 4.16. The molecule has 3 aromatic heterocycles. The highest BCUT2D eigenvalue weighted by atomic mass is 32.1. The van der Waals surface area contributed by atoms with Crippen molar-refractivity contribution in [1.29, 1.82) is 0 Å². The van der Waals surface area contributed by atoms with Crippen molar-refractivity contribution in [1.82, 2.24) is 35.4 Å². The monoisotopic (exact) mass is 303 g/mol. The first-order valence-electron chi connectivity index (χ1n) is 6.64. The molecule has 1 aliphatic rings. The molecule has 1 saturated heterocycles. The molecule has 0 saturated carbocycles. The predicted octanol–water partition coefficient (Wildman–Crippen LogP) is 0.828. The molecular formula is C12H13N7OS. The van der Waals surface area contributed by atoms with E-state index < -0.39 is 0 Å². The molecule has 0 atom stereocenters. The van der Waals surface area contributed by atoms with Gasteiger partial charge in [0.1, 0.15) is 0 Å². The molecule has 3 aromatic rings. The highest BCUT2D eigenvalue weighted by Crippen LogP contribution is 2.18. The molecule has 1 aliphatic heterocycles. The van der Waals surface area contributed by atoms with E-state index in [1.807, 2.05) is 23.2 Å². The Morgan fingerprint density at radius 3 is 3.05 bits per heavy atom. The Hall–Kier alpha value is -2.13. The summed E-state index contributed by atoms with van der Waals surface area (Å²) in [7, 11) is 0. The quantitative estimate of drug-likeness (QED) is 0.762. The highest BCUT2D eigenvalue weighted by molar-refractivity contribution is 7.09. The molecular weight excluding hydrogens is 290 g/mol. The van der Waals surface area contributed by atoms with E-state index in [1.54, 1.807) is 11.3 Å². The third kappa shape index (κ3) is 2.45. The van der Waals surface area contributed by atoms with Crippen molar-refractivity contribution in [2.75, 3.05) is 13.1 Å². The molecule has 8 nitrogen and oxygen atoms in total. The fraction of sp³-hybridized carbons (Fsp3) is 0.417. The summed E-state index contributed by atoms with van der Waals surface area (Å²) in [6, 6.07) is 0.367. The maximum atomic E-state index is 5.26. The van der Waals surface area contributed by atoms with Crippen molar-refractivity contribution in [3.05, 3.63) is 28.1 Å². The van der Waals surface area contributed by atoms with Gasteiger partial charge in [-0.2, -0.15) is 4.98 Å². The molecule has 1 fully saturated rings. The van der Waals surface area contributed by atoms with Gasteiger partial charge in [0, 0.05) is 18.5 Å². The van der Waals surface area contributed by atoms with E-state index in [2.05, 4.69) is 30.8 Å². The lowest BCUT2D eigenvalue weighted by Gasteiger charge is -2.26.